The predicted octanol–water partition coefficient (Wildman–Crippen LogP) is 5.11. The van der Waals surface area contributed by atoms with Crippen LogP contribution in [0.1, 0.15) is 10.9 Å². The minimum absolute atomic E-state index is 0.281. The number of para-hydroxylation sites is 1. The van der Waals surface area contributed by atoms with E-state index in [1.165, 1.54) is 17.4 Å². The van der Waals surface area contributed by atoms with Gasteiger partial charge in [-0.2, -0.15) is 0 Å². The third-order valence-electron chi connectivity index (χ3n) is 5.12. The van der Waals surface area contributed by atoms with Gasteiger partial charge in [0, 0.05) is 4.88 Å². The Morgan fingerprint density at radius 1 is 0.862 bits per heavy atom. The van der Waals surface area contributed by atoms with E-state index in [1.54, 1.807) is 17.2 Å². The van der Waals surface area contributed by atoms with Crippen molar-refractivity contribution in [2.45, 2.75) is 12.1 Å². The highest BCUT2D eigenvalue weighted by Gasteiger charge is 2.60. The Morgan fingerprint density at radius 2 is 1.66 bits per heavy atom. The van der Waals surface area contributed by atoms with Crippen LogP contribution in [0.5, 0.6) is 0 Å². The molecule has 0 radical (unpaired) electrons. The number of fused-ring (bicyclic) bond motifs is 1. The zero-order valence-electron chi connectivity index (χ0n) is 14.9. The van der Waals surface area contributed by atoms with Crippen molar-refractivity contribution in [3.05, 3.63) is 81.0 Å². The van der Waals surface area contributed by atoms with Crippen LogP contribution in [0, 0.1) is 5.92 Å². The van der Waals surface area contributed by atoms with Gasteiger partial charge in [-0.25, -0.2) is 9.96 Å². The molecule has 146 valence electrons. The summed E-state index contributed by atoms with van der Waals surface area (Å²) in [5.74, 6) is -1.37. The van der Waals surface area contributed by atoms with E-state index in [-0.39, 0.29) is 10.9 Å². The van der Waals surface area contributed by atoms with Gasteiger partial charge in [0.1, 0.15) is 12.0 Å². The Hall–Kier alpha value is -2.38. The molecule has 0 unspecified atom stereocenters. The van der Waals surface area contributed by atoms with E-state index in [0.29, 0.717) is 10.7 Å². The second kappa shape index (κ2) is 7.15. The summed E-state index contributed by atoms with van der Waals surface area (Å²) in [4.78, 5) is 34.7. The van der Waals surface area contributed by atoms with E-state index in [2.05, 4.69) is 0 Å². The van der Waals surface area contributed by atoms with Gasteiger partial charge in [0.2, 0.25) is 5.91 Å². The number of benzene rings is 2. The van der Waals surface area contributed by atoms with Crippen molar-refractivity contribution in [1.29, 1.82) is 0 Å². The minimum Gasteiger partial charge on any atom is -0.273 e. The molecule has 0 saturated carbocycles. The third kappa shape index (κ3) is 2.95. The maximum Gasteiger partial charge on any atom is 0.266 e. The first kappa shape index (κ1) is 18.6. The maximum atomic E-state index is 13.4. The maximum absolute atomic E-state index is 13.4. The summed E-state index contributed by atoms with van der Waals surface area (Å²) in [7, 11) is 0. The number of rotatable bonds is 3. The number of hydrogen-bond donors (Lipinski definition) is 0. The van der Waals surface area contributed by atoms with Gasteiger partial charge in [-0.05, 0) is 41.8 Å². The summed E-state index contributed by atoms with van der Waals surface area (Å²) in [5.41, 5.74) is 1.19. The highest BCUT2D eigenvalue weighted by atomic mass is 35.5. The molecule has 0 N–H and O–H groups in total. The lowest BCUT2D eigenvalue weighted by molar-refractivity contribution is -0.126. The molecule has 3 aromatic rings. The lowest BCUT2D eigenvalue weighted by atomic mass is 9.95. The number of nitrogens with zero attached hydrogens (tertiary/aromatic N) is 2. The van der Waals surface area contributed by atoms with E-state index < -0.39 is 24.0 Å². The van der Waals surface area contributed by atoms with E-state index in [9.17, 15) is 9.59 Å². The molecule has 29 heavy (non-hydrogen) atoms. The molecule has 2 saturated heterocycles. The van der Waals surface area contributed by atoms with Crippen LogP contribution in [0.3, 0.4) is 0 Å². The number of carbonyl (C=O) groups is 2. The summed E-state index contributed by atoms with van der Waals surface area (Å²) >= 11 is 13.6. The Labute approximate surface area is 181 Å². The standard InChI is InChI=1S/C21H14Cl2N2O3S/c22-14-9-8-13(11-15(14)23)24-20(26)17-18(16-7-4-10-29-16)25(28-19(17)21(24)27)12-5-2-1-3-6-12/h1-11,17-19H/t17-,18-,19+/m1/s1. The second-order valence-corrected chi connectivity index (χ2v) is 8.58. The quantitative estimate of drug-likeness (QED) is 0.526. The fraction of sp³-hybridized carbons (Fsp3) is 0.143. The number of thiophene rings is 1. The molecular formula is C21H14Cl2N2O3S. The van der Waals surface area contributed by atoms with Crippen LogP contribution < -0.4 is 9.96 Å². The van der Waals surface area contributed by atoms with Crippen molar-refractivity contribution >= 4 is 57.7 Å². The van der Waals surface area contributed by atoms with E-state index >= 15 is 0 Å². The van der Waals surface area contributed by atoms with Gasteiger partial charge in [0.05, 0.1) is 21.4 Å². The van der Waals surface area contributed by atoms with Gasteiger partial charge in [0.25, 0.3) is 5.91 Å². The fourth-order valence-corrected chi connectivity index (χ4v) is 4.99. The summed E-state index contributed by atoms with van der Waals surface area (Å²) in [6.45, 7) is 0. The Bertz CT molecular complexity index is 1090. The largest absolute Gasteiger partial charge is 0.273 e. The van der Waals surface area contributed by atoms with Gasteiger partial charge in [0.15, 0.2) is 6.10 Å². The number of amides is 2. The van der Waals surface area contributed by atoms with Crippen molar-refractivity contribution in [2.75, 3.05) is 9.96 Å². The number of anilines is 2. The molecule has 3 heterocycles. The van der Waals surface area contributed by atoms with Gasteiger partial charge in [-0.15, -0.1) is 11.3 Å². The smallest absolute Gasteiger partial charge is 0.266 e. The fourth-order valence-electron chi connectivity index (χ4n) is 3.84. The Morgan fingerprint density at radius 3 is 2.34 bits per heavy atom. The average Bonchev–Trinajstić information content (AvgIpc) is 3.43. The number of hydroxylamine groups is 1. The highest BCUT2D eigenvalue weighted by molar-refractivity contribution is 7.10. The number of imide groups is 1. The van der Waals surface area contributed by atoms with Crippen LogP contribution in [0.4, 0.5) is 11.4 Å². The number of carbonyl (C=O) groups excluding carboxylic acids is 2. The topological polar surface area (TPSA) is 49.9 Å². The molecule has 3 atom stereocenters. The van der Waals surface area contributed by atoms with Crippen LogP contribution in [0.15, 0.2) is 66.0 Å². The first-order valence-corrected chi connectivity index (χ1v) is 10.6. The molecule has 5 rings (SSSR count). The molecule has 2 aromatic carbocycles. The molecule has 0 aliphatic carbocycles. The van der Waals surface area contributed by atoms with Crippen LogP contribution in [-0.4, -0.2) is 17.9 Å². The molecule has 1 aromatic heterocycles. The summed E-state index contributed by atoms with van der Waals surface area (Å²) in [6, 6.07) is 17.7. The van der Waals surface area contributed by atoms with Crippen LogP contribution in [0.25, 0.3) is 0 Å². The summed E-state index contributed by atoms with van der Waals surface area (Å²) in [5, 5.41) is 4.27. The molecule has 0 spiro atoms. The SMILES string of the molecule is O=C1[C@H]2[C@H](ON(c3ccccc3)[C@@H]2c2cccs2)C(=O)N1c1ccc(Cl)c(Cl)c1. The molecular weight excluding hydrogens is 431 g/mol. The second-order valence-electron chi connectivity index (χ2n) is 6.78. The molecule has 2 aliphatic heterocycles. The molecule has 8 heteroatoms. The van der Waals surface area contributed by atoms with Crippen LogP contribution in [0.2, 0.25) is 10.0 Å². The van der Waals surface area contributed by atoms with E-state index in [1.807, 2.05) is 47.8 Å². The van der Waals surface area contributed by atoms with Gasteiger partial charge < -0.3 is 0 Å². The van der Waals surface area contributed by atoms with Crippen molar-refractivity contribution < 1.29 is 14.4 Å². The molecule has 5 nitrogen and oxygen atoms in total. The van der Waals surface area contributed by atoms with Crippen molar-refractivity contribution in [3.63, 3.8) is 0 Å². The number of hydrogen-bond acceptors (Lipinski definition) is 5. The van der Waals surface area contributed by atoms with Crippen molar-refractivity contribution in [3.8, 4) is 0 Å². The molecule has 2 fully saturated rings. The number of halogens is 2. The normalized spacial score (nSPS) is 23.7. The van der Waals surface area contributed by atoms with Crippen LogP contribution in [-0.2, 0) is 14.4 Å². The van der Waals surface area contributed by atoms with Gasteiger partial charge >= 0.3 is 0 Å². The summed E-state index contributed by atoms with van der Waals surface area (Å²) in [6.07, 6.45) is -0.899. The summed E-state index contributed by atoms with van der Waals surface area (Å²) < 4.78 is 0. The highest BCUT2D eigenvalue weighted by Crippen LogP contribution is 2.48. The minimum atomic E-state index is -0.899. The van der Waals surface area contributed by atoms with E-state index in [4.69, 9.17) is 28.0 Å². The molecule has 0 bridgehead atoms. The first-order chi connectivity index (χ1) is 14.1. The Kier molecular flexibility index (Phi) is 4.59. The van der Waals surface area contributed by atoms with Crippen molar-refractivity contribution in [2.24, 2.45) is 5.92 Å². The monoisotopic (exact) mass is 444 g/mol. The Balaban J connectivity index is 1.57. The molecule has 2 aliphatic rings. The predicted molar refractivity (Wildman–Crippen MR) is 113 cm³/mol. The van der Waals surface area contributed by atoms with Crippen LogP contribution >= 0.6 is 34.5 Å². The average molecular weight is 445 g/mol. The lowest BCUT2D eigenvalue weighted by Crippen LogP contribution is -2.37. The zero-order valence-corrected chi connectivity index (χ0v) is 17.2. The third-order valence-corrected chi connectivity index (χ3v) is 6.80. The zero-order chi connectivity index (χ0) is 20.1. The van der Waals surface area contributed by atoms with Gasteiger partial charge in [-0.1, -0.05) is 47.5 Å². The van der Waals surface area contributed by atoms with E-state index in [0.717, 1.165) is 15.5 Å². The molecule has 2 amide bonds. The lowest BCUT2D eigenvalue weighted by Gasteiger charge is -2.27. The first-order valence-electron chi connectivity index (χ1n) is 8.93. The van der Waals surface area contributed by atoms with Crippen molar-refractivity contribution in [1.82, 2.24) is 0 Å². The van der Waals surface area contributed by atoms with Gasteiger partial charge in [-0.3, -0.25) is 14.4 Å².